The summed E-state index contributed by atoms with van der Waals surface area (Å²) < 4.78 is 0. The molecule has 2 heterocycles. The van der Waals surface area contributed by atoms with Gasteiger partial charge in [-0.3, -0.25) is 0 Å². The van der Waals surface area contributed by atoms with Crippen molar-refractivity contribution in [2.45, 2.75) is 81.7 Å². The van der Waals surface area contributed by atoms with Gasteiger partial charge in [0.15, 0.2) is 0 Å². The van der Waals surface area contributed by atoms with Gasteiger partial charge < -0.3 is 10.6 Å². The topological polar surface area (TPSA) is 24.1 Å². The normalized spacial score (nSPS) is 36.4. The fraction of sp³-hybridized carbons (Fsp3) is 0.610. The zero-order chi connectivity index (χ0) is 30.8. The second-order valence-electron chi connectivity index (χ2n) is 16.8. The lowest BCUT2D eigenvalue weighted by atomic mass is 9.56. The Hall–Kier alpha value is -1.30. The summed E-state index contributed by atoms with van der Waals surface area (Å²) in [6.07, 6.45) is 14.4. The van der Waals surface area contributed by atoms with Crippen LogP contribution in [0.3, 0.4) is 0 Å². The molecule has 4 saturated carbocycles. The third-order valence-corrected chi connectivity index (χ3v) is 18.6. The van der Waals surface area contributed by atoms with Crippen molar-refractivity contribution in [2.75, 3.05) is 32.3 Å². The molecule has 2 N–H and O–H groups in total. The standard InChI is InChI=1S/C41H56N2P2/c1-40(2,3)45(39-31-19-27-18-28(21-31)22-32(39)20-27)26-36-37(41(44,33-14-16-42-24-33)34-15-17-43-25-34)23-35(29-10-6-4-7-11-29)38(36)30-12-8-5-9-13-30/h4-13,23,27-28,31-34,36,39,42-43H,14-22,24-26,44H2,1-3H3. The van der Waals surface area contributed by atoms with Crippen molar-refractivity contribution in [3.05, 3.63) is 83.4 Å². The first kappa shape index (κ1) is 31.0. The molecule has 0 amide bonds. The molecule has 4 bridgehead atoms. The molecule has 5 atom stereocenters. The molecule has 45 heavy (non-hydrogen) atoms. The Bertz CT molecular complexity index is 1370. The molecule has 5 aliphatic carbocycles. The Kier molecular flexibility index (Phi) is 8.47. The second-order valence-corrected chi connectivity index (χ2v) is 21.0. The number of nitrogens with one attached hydrogen (secondary N) is 2. The molecule has 2 aliphatic heterocycles. The Morgan fingerprint density at radius 1 is 0.733 bits per heavy atom. The summed E-state index contributed by atoms with van der Waals surface area (Å²) in [5.74, 6) is 5.84. The minimum Gasteiger partial charge on any atom is -0.316 e. The van der Waals surface area contributed by atoms with Gasteiger partial charge in [-0.05, 0) is 146 Å². The Balaban J connectivity index is 1.29. The molecular weight excluding hydrogens is 582 g/mol. The van der Waals surface area contributed by atoms with Gasteiger partial charge in [0, 0.05) is 11.1 Å². The lowest BCUT2D eigenvalue weighted by molar-refractivity contribution is 0.0242. The van der Waals surface area contributed by atoms with Crippen LogP contribution in [0.1, 0.15) is 76.8 Å². The van der Waals surface area contributed by atoms with Crippen molar-refractivity contribution in [3.63, 3.8) is 0 Å². The fourth-order valence-corrected chi connectivity index (χ4v) is 16.3. The van der Waals surface area contributed by atoms with Crippen molar-refractivity contribution < 1.29 is 0 Å². The van der Waals surface area contributed by atoms with E-state index in [1.165, 1.54) is 61.4 Å². The van der Waals surface area contributed by atoms with E-state index < -0.39 is 0 Å². The predicted octanol–water partition coefficient (Wildman–Crippen LogP) is 9.09. The van der Waals surface area contributed by atoms with Crippen LogP contribution < -0.4 is 10.6 Å². The van der Waals surface area contributed by atoms with E-state index in [9.17, 15) is 0 Å². The maximum Gasteiger partial charge on any atom is 0.0147 e. The van der Waals surface area contributed by atoms with Crippen molar-refractivity contribution in [1.29, 1.82) is 0 Å². The average Bonchev–Trinajstić information content (AvgIpc) is 3.82. The van der Waals surface area contributed by atoms with E-state index in [-0.39, 0.29) is 13.1 Å². The van der Waals surface area contributed by atoms with Gasteiger partial charge in [-0.1, -0.05) is 101 Å². The highest BCUT2D eigenvalue weighted by Crippen LogP contribution is 2.70. The van der Waals surface area contributed by atoms with Crippen LogP contribution >= 0.6 is 17.2 Å². The minimum atomic E-state index is -0.181. The van der Waals surface area contributed by atoms with Crippen molar-refractivity contribution in [3.8, 4) is 0 Å². The molecule has 5 unspecified atom stereocenters. The average molecular weight is 639 g/mol. The highest BCUT2D eigenvalue weighted by Gasteiger charge is 2.55. The number of rotatable bonds is 8. The lowest BCUT2D eigenvalue weighted by Crippen LogP contribution is -2.50. The summed E-state index contributed by atoms with van der Waals surface area (Å²) in [6.45, 7) is 12.5. The smallest absolute Gasteiger partial charge is 0.0147 e. The van der Waals surface area contributed by atoms with E-state index in [1.807, 2.05) is 0 Å². The van der Waals surface area contributed by atoms with Crippen molar-refractivity contribution in [2.24, 2.45) is 41.4 Å². The largest absolute Gasteiger partial charge is 0.316 e. The molecule has 0 aromatic heterocycles. The van der Waals surface area contributed by atoms with E-state index in [0.29, 0.717) is 22.9 Å². The van der Waals surface area contributed by atoms with E-state index in [1.54, 1.807) is 17.6 Å². The fourth-order valence-electron chi connectivity index (χ4n) is 11.5. The van der Waals surface area contributed by atoms with E-state index in [0.717, 1.165) is 55.5 Å². The zero-order valence-electron chi connectivity index (χ0n) is 28.0. The van der Waals surface area contributed by atoms with Crippen LogP contribution in [0.4, 0.5) is 0 Å². The van der Waals surface area contributed by atoms with E-state index in [2.05, 4.69) is 107 Å². The van der Waals surface area contributed by atoms with E-state index in [4.69, 9.17) is 0 Å². The zero-order valence-corrected chi connectivity index (χ0v) is 30.0. The number of benzene rings is 2. The molecule has 6 fully saturated rings. The van der Waals surface area contributed by atoms with Gasteiger partial charge in [-0.2, -0.15) is 0 Å². The molecule has 2 saturated heterocycles. The summed E-state index contributed by atoms with van der Waals surface area (Å²) in [6, 6.07) is 23.0. The predicted molar refractivity (Wildman–Crippen MR) is 198 cm³/mol. The van der Waals surface area contributed by atoms with Crippen molar-refractivity contribution >= 4 is 28.3 Å². The van der Waals surface area contributed by atoms with Gasteiger partial charge >= 0.3 is 0 Å². The number of allylic oxidation sites excluding steroid dienone is 4. The first-order chi connectivity index (χ1) is 21.8. The third kappa shape index (κ3) is 5.57. The molecule has 0 spiro atoms. The molecule has 7 aliphatic rings. The van der Waals surface area contributed by atoms with E-state index >= 15 is 0 Å². The molecule has 0 radical (unpaired) electrons. The lowest BCUT2D eigenvalue weighted by Gasteiger charge is -2.59. The second kappa shape index (κ2) is 12.3. The summed E-state index contributed by atoms with van der Waals surface area (Å²) in [4.78, 5) is 0. The monoisotopic (exact) mass is 638 g/mol. The molecule has 4 heteroatoms. The number of hydrogen-bond acceptors (Lipinski definition) is 2. The summed E-state index contributed by atoms with van der Waals surface area (Å²) in [5, 5.41) is 8.07. The highest BCUT2D eigenvalue weighted by molar-refractivity contribution is 7.60. The maximum absolute atomic E-state index is 3.81. The molecule has 2 nitrogen and oxygen atoms in total. The van der Waals surface area contributed by atoms with Crippen LogP contribution in [-0.4, -0.2) is 48.3 Å². The maximum atomic E-state index is 3.81. The van der Waals surface area contributed by atoms with Crippen LogP contribution in [0.15, 0.2) is 72.3 Å². The summed E-state index contributed by atoms with van der Waals surface area (Å²) in [5.41, 5.74) is 8.68. The quantitative estimate of drug-likeness (QED) is 0.282. The van der Waals surface area contributed by atoms with Gasteiger partial charge in [0.05, 0.1) is 0 Å². The van der Waals surface area contributed by atoms with Crippen LogP contribution in [0.2, 0.25) is 0 Å². The summed E-state index contributed by atoms with van der Waals surface area (Å²) in [7, 11) is 3.44. The van der Waals surface area contributed by atoms with Crippen LogP contribution in [0.25, 0.3) is 11.1 Å². The van der Waals surface area contributed by atoms with Gasteiger partial charge in [0.1, 0.15) is 0 Å². The molecule has 2 aromatic carbocycles. The first-order valence-electron chi connectivity index (χ1n) is 18.3. The Labute approximate surface area is 277 Å². The molecule has 9 rings (SSSR count). The van der Waals surface area contributed by atoms with Crippen molar-refractivity contribution in [1.82, 2.24) is 10.6 Å². The van der Waals surface area contributed by atoms with Crippen LogP contribution in [0, 0.1) is 41.4 Å². The Morgan fingerprint density at radius 2 is 1.27 bits per heavy atom. The Morgan fingerprint density at radius 3 is 1.76 bits per heavy atom. The summed E-state index contributed by atoms with van der Waals surface area (Å²) >= 11 is 0. The van der Waals surface area contributed by atoms with Gasteiger partial charge in [-0.15, -0.1) is 9.24 Å². The van der Waals surface area contributed by atoms with Gasteiger partial charge in [-0.25, -0.2) is 0 Å². The molecule has 2 aromatic rings. The highest BCUT2D eigenvalue weighted by atomic mass is 31.1. The third-order valence-electron chi connectivity index (χ3n) is 13.2. The first-order valence-corrected chi connectivity index (χ1v) is 20.5. The number of hydrogen-bond donors (Lipinski definition) is 2. The minimum absolute atomic E-state index is 0.108. The van der Waals surface area contributed by atoms with Gasteiger partial charge in [0.25, 0.3) is 0 Å². The molecule has 240 valence electrons. The van der Waals surface area contributed by atoms with Gasteiger partial charge in [0.2, 0.25) is 0 Å². The van der Waals surface area contributed by atoms with Crippen LogP contribution in [0.5, 0.6) is 0 Å². The SMILES string of the molecule is CC(C)(C)P(CC1C(C(P)(C2CCNC2)C2CCNC2)=CC(c2ccccc2)=C1c1ccccc1)C1C2CC3CC(C2)CC1C3. The van der Waals surface area contributed by atoms with Crippen LogP contribution in [-0.2, 0) is 0 Å². The molecular formula is C41H56N2P2.